The average Bonchev–Trinajstić information content (AvgIpc) is 3.13. The molecule has 1 saturated heterocycles. The van der Waals surface area contributed by atoms with Gasteiger partial charge in [-0.05, 0) is 64.0 Å². The lowest BCUT2D eigenvalue weighted by Crippen LogP contribution is -2.42. The maximum absolute atomic E-state index is 12.1. The van der Waals surface area contributed by atoms with Crippen LogP contribution in [0.2, 0.25) is 0 Å². The predicted molar refractivity (Wildman–Crippen MR) is 99.9 cm³/mol. The number of methoxy groups -OCH3 is 1. The van der Waals surface area contributed by atoms with Crippen LogP contribution in [0.4, 0.5) is 0 Å². The van der Waals surface area contributed by atoms with Gasteiger partial charge in [-0.3, -0.25) is 0 Å². The third kappa shape index (κ3) is 6.40. The van der Waals surface area contributed by atoms with E-state index in [4.69, 9.17) is 13.9 Å². The standard InChI is InChI=1S/C21H28O6/c1-21(2,24)18-11-10-17(20(23)27-18)9-5-8-16(19(22)25-3)7-4-6-15-12-13-26-14-15/h7,9,12-14,18,24H,4-6,8,10-11H2,1-3H3/b16-7-,17-9+/t18-/m1/s1. The van der Waals surface area contributed by atoms with Crippen molar-refractivity contribution in [1.82, 2.24) is 0 Å². The Morgan fingerprint density at radius 2 is 2.19 bits per heavy atom. The van der Waals surface area contributed by atoms with Gasteiger partial charge in [0.2, 0.25) is 0 Å². The number of ether oxygens (including phenoxy) is 2. The molecule has 1 fully saturated rings. The Bertz CT molecular complexity index is 691. The Kier molecular flexibility index (Phi) is 7.42. The lowest BCUT2D eigenvalue weighted by atomic mass is 9.92. The van der Waals surface area contributed by atoms with Crippen molar-refractivity contribution in [2.75, 3.05) is 7.11 Å². The first kappa shape index (κ1) is 21.0. The Hall–Kier alpha value is -2.34. The van der Waals surface area contributed by atoms with Crippen LogP contribution in [-0.2, 0) is 25.5 Å². The van der Waals surface area contributed by atoms with Crippen LogP contribution in [0.1, 0.15) is 51.5 Å². The molecule has 0 unspecified atom stereocenters. The Balaban J connectivity index is 1.90. The number of aliphatic hydroxyl groups is 1. The molecule has 27 heavy (non-hydrogen) atoms. The molecule has 6 heteroatoms. The zero-order valence-corrected chi connectivity index (χ0v) is 16.2. The first-order chi connectivity index (χ1) is 12.8. The van der Waals surface area contributed by atoms with Gasteiger partial charge in [-0.15, -0.1) is 0 Å². The van der Waals surface area contributed by atoms with Crippen molar-refractivity contribution < 1.29 is 28.6 Å². The van der Waals surface area contributed by atoms with Crippen molar-refractivity contribution >= 4 is 11.9 Å². The smallest absolute Gasteiger partial charge is 0.334 e. The van der Waals surface area contributed by atoms with E-state index in [1.54, 1.807) is 26.4 Å². The highest BCUT2D eigenvalue weighted by Crippen LogP contribution is 2.27. The summed E-state index contributed by atoms with van der Waals surface area (Å²) in [4.78, 5) is 24.1. The number of cyclic esters (lactones) is 1. The van der Waals surface area contributed by atoms with E-state index in [0.29, 0.717) is 43.3 Å². The summed E-state index contributed by atoms with van der Waals surface area (Å²) in [7, 11) is 1.36. The normalized spacial score (nSPS) is 19.9. The number of esters is 2. The van der Waals surface area contributed by atoms with Gasteiger partial charge in [0, 0.05) is 11.1 Å². The van der Waals surface area contributed by atoms with Crippen molar-refractivity contribution in [2.45, 2.75) is 64.1 Å². The van der Waals surface area contributed by atoms with Crippen molar-refractivity contribution in [2.24, 2.45) is 0 Å². The highest BCUT2D eigenvalue weighted by Gasteiger charge is 2.34. The monoisotopic (exact) mass is 376 g/mol. The molecule has 0 amide bonds. The summed E-state index contributed by atoms with van der Waals surface area (Å²) >= 11 is 0. The predicted octanol–water partition coefficient (Wildman–Crippen LogP) is 3.49. The van der Waals surface area contributed by atoms with Crippen molar-refractivity contribution in [1.29, 1.82) is 0 Å². The second-order valence-electron chi connectivity index (χ2n) is 7.25. The lowest BCUT2D eigenvalue weighted by molar-refractivity contribution is -0.162. The van der Waals surface area contributed by atoms with Gasteiger partial charge in [-0.25, -0.2) is 9.59 Å². The fraction of sp³-hybridized carbons (Fsp3) is 0.524. The van der Waals surface area contributed by atoms with Gasteiger partial charge in [0.25, 0.3) is 0 Å². The summed E-state index contributed by atoms with van der Waals surface area (Å²) in [6.45, 7) is 3.27. The van der Waals surface area contributed by atoms with Crippen molar-refractivity contribution in [3.05, 3.63) is 47.5 Å². The molecule has 0 aliphatic carbocycles. The van der Waals surface area contributed by atoms with Crippen LogP contribution in [0.3, 0.4) is 0 Å². The third-order valence-corrected chi connectivity index (χ3v) is 4.63. The molecule has 148 valence electrons. The van der Waals surface area contributed by atoms with Crippen LogP contribution in [0.15, 0.2) is 46.3 Å². The molecule has 0 saturated carbocycles. The number of hydrogen-bond donors (Lipinski definition) is 1. The van der Waals surface area contributed by atoms with Crippen molar-refractivity contribution in [3.8, 4) is 0 Å². The Morgan fingerprint density at radius 3 is 2.78 bits per heavy atom. The van der Waals surface area contributed by atoms with Gasteiger partial charge < -0.3 is 19.0 Å². The van der Waals surface area contributed by atoms with Crippen LogP contribution in [0, 0.1) is 0 Å². The topological polar surface area (TPSA) is 86.0 Å². The molecule has 0 aromatic carbocycles. The molecule has 1 aromatic rings. The van der Waals surface area contributed by atoms with E-state index in [-0.39, 0.29) is 5.97 Å². The van der Waals surface area contributed by atoms with Gasteiger partial charge in [0.1, 0.15) is 6.10 Å². The molecule has 2 rings (SSSR count). The summed E-state index contributed by atoms with van der Waals surface area (Å²) < 4.78 is 15.2. The minimum absolute atomic E-state index is 0.353. The summed E-state index contributed by atoms with van der Waals surface area (Å²) in [5.74, 6) is -0.745. The first-order valence-corrected chi connectivity index (χ1v) is 9.22. The molecule has 1 aromatic heterocycles. The van der Waals surface area contributed by atoms with Crippen LogP contribution in [0.25, 0.3) is 0 Å². The zero-order valence-electron chi connectivity index (χ0n) is 16.2. The highest BCUT2D eigenvalue weighted by atomic mass is 16.6. The molecule has 1 aliphatic heterocycles. The van der Waals surface area contributed by atoms with Crippen LogP contribution < -0.4 is 0 Å². The van der Waals surface area contributed by atoms with Gasteiger partial charge in [0.05, 0.1) is 25.2 Å². The number of rotatable bonds is 8. The average molecular weight is 376 g/mol. The maximum atomic E-state index is 12.1. The number of hydrogen-bond acceptors (Lipinski definition) is 6. The fourth-order valence-electron chi connectivity index (χ4n) is 3.00. The number of aryl methyl sites for hydroxylation is 1. The summed E-state index contributed by atoms with van der Waals surface area (Å²) in [6, 6.07) is 1.89. The largest absolute Gasteiger partial charge is 0.472 e. The quantitative estimate of drug-likeness (QED) is 0.552. The summed E-state index contributed by atoms with van der Waals surface area (Å²) in [6.07, 6.45) is 10.2. The van der Waals surface area contributed by atoms with E-state index in [1.165, 1.54) is 7.11 Å². The van der Waals surface area contributed by atoms with Crippen LogP contribution in [0.5, 0.6) is 0 Å². The summed E-state index contributed by atoms with van der Waals surface area (Å²) in [5, 5.41) is 9.97. The van der Waals surface area contributed by atoms with E-state index >= 15 is 0 Å². The van der Waals surface area contributed by atoms with Gasteiger partial charge in [-0.2, -0.15) is 0 Å². The van der Waals surface area contributed by atoms with Gasteiger partial charge in [-0.1, -0.05) is 12.2 Å². The van der Waals surface area contributed by atoms with Crippen molar-refractivity contribution in [3.63, 3.8) is 0 Å². The van der Waals surface area contributed by atoms with E-state index in [0.717, 1.165) is 12.0 Å². The molecule has 0 spiro atoms. The molecule has 1 aliphatic rings. The van der Waals surface area contributed by atoms with Gasteiger partial charge in [0.15, 0.2) is 0 Å². The highest BCUT2D eigenvalue weighted by molar-refractivity contribution is 5.90. The maximum Gasteiger partial charge on any atom is 0.334 e. The first-order valence-electron chi connectivity index (χ1n) is 9.22. The van der Waals surface area contributed by atoms with Crippen LogP contribution in [-0.4, -0.2) is 35.9 Å². The fourth-order valence-corrected chi connectivity index (χ4v) is 3.00. The second kappa shape index (κ2) is 9.55. The molecular weight excluding hydrogens is 348 g/mol. The molecule has 6 nitrogen and oxygen atoms in total. The van der Waals surface area contributed by atoms with Crippen LogP contribution >= 0.6 is 0 Å². The van der Waals surface area contributed by atoms with Gasteiger partial charge >= 0.3 is 11.9 Å². The lowest BCUT2D eigenvalue weighted by Gasteiger charge is -2.32. The Labute approximate surface area is 159 Å². The van der Waals surface area contributed by atoms with E-state index < -0.39 is 17.7 Å². The zero-order chi connectivity index (χ0) is 19.9. The molecule has 1 atom stereocenters. The van der Waals surface area contributed by atoms with E-state index in [1.807, 2.05) is 18.2 Å². The molecule has 0 radical (unpaired) electrons. The molecular formula is C21H28O6. The number of carbonyl (C=O) groups is 2. The molecule has 2 heterocycles. The van der Waals surface area contributed by atoms with E-state index in [2.05, 4.69) is 0 Å². The third-order valence-electron chi connectivity index (χ3n) is 4.63. The molecule has 1 N–H and O–H groups in total. The second-order valence-corrected chi connectivity index (χ2v) is 7.25. The minimum atomic E-state index is -1.04. The minimum Gasteiger partial charge on any atom is -0.472 e. The Morgan fingerprint density at radius 1 is 1.41 bits per heavy atom. The van der Waals surface area contributed by atoms with E-state index in [9.17, 15) is 14.7 Å². The molecule has 0 bridgehead atoms. The summed E-state index contributed by atoms with van der Waals surface area (Å²) in [5.41, 5.74) is 1.22. The number of carbonyl (C=O) groups excluding carboxylic acids is 2. The number of furan rings is 1. The number of allylic oxidation sites excluding steroid dienone is 2. The SMILES string of the molecule is COC(=O)/C(=C\CCc1ccoc1)CC/C=C1\CC[C@H](C(C)(C)O)OC1=O.